The highest BCUT2D eigenvalue weighted by Crippen LogP contribution is 2.29. The summed E-state index contributed by atoms with van der Waals surface area (Å²) in [5.74, 6) is -1.29. The number of hydrogen-bond acceptors (Lipinski definition) is 6. The van der Waals surface area contributed by atoms with Crippen molar-refractivity contribution in [3.8, 4) is 24.0 Å². The number of alkyl carbamates (subject to hydrolysis) is 1. The maximum Gasteiger partial charge on any atom is 0.408 e. The second kappa shape index (κ2) is 13.2. The molecule has 4 aromatic carbocycles. The van der Waals surface area contributed by atoms with E-state index in [-0.39, 0.29) is 17.9 Å². The van der Waals surface area contributed by atoms with E-state index >= 15 is 0 Å². The predicted molar refractivity (Wildman–Crippen MR) is 169 cm³/mol. The monoisotopic (exact) mass is 593 g/mol. The second-order valence-electron chi connectivity index (χ2n) is 11.4. The third-order valence-corrected chi connectivity index (χ3v) is 6.80. The number of carbonyl (C=O) groups excluding carboxylic acids is 3. The first kappa shape index (κ1) is 31.4. The van der Waals surface area contributed by atoms with Gasteiger partial charge in [0.1, 0.15) is 29.2 Å². The largest absolute Gasteiger partial charge is 0.508 e. The molecule has 0 aliphatic rings. The van der Waals surface area contributed by atoms with Crippen LogP contribution in [-0.2, 0) is 20.7 Å². The smallest absolute Gasteiger partial charge is 0.408 e. The van der Waals surface area contributed by atoms with Gasteiger partial charge in [-0.3, -0.25) is 14.5 Å². The maximum absolute atomic E-state index is 14.2. The van der Waals surface area contributed by atoms with Crippen LogP contribution in [0, 0.1) is 19.4 Å². The van der Waals surface area contributed by atoms with Crippen LogP contribution < -0.4 is 10.6 Å². The van der Waals surface area contributed by atoms with Gasteiger partial charge < -0.3 is 25.6 Å². The molecule has 9 heteroatoms. The minimum atomic E-state index is -1.33. The van der Waals surface area contributed by atoms with Gasteiger partial charge in [0.05, 0.1) is 0 Å². The van der Waals surface area contributed by atoms with Crippen LogP contribution in [0.4, 0.5) is 10.5 Å². The van der Waals surface area contributed by atoms with Crippen molar-refractivity contribution in [1.29, 1.82) is 0 Å². The summed E-state index contributed by atoms with van der Waals surface area (Å²) in [7, 11) is 0. The Balaban J connectivity index is 1.72. The number of phenols is 2. The van der Waals surface area contributed by atoms with E-state index < -0.39 is 35.6 Å². The summed E-state index contributed by atoms with van der Waals surface area (Å²) in [6, 6.07) is 23.5. The average Bonchev–Trinajstić information content (AvgIpc) is 2.96. The van der Waals surface area contributed by atoms with Crippen LogP contribution in [0.5, 0.6) is 11.5 Å². The molecule has 0 aliphatic carbocycles. The topological polar surface area (TPSA) is 128 Å². The molecule has 4 aromatic rings. The van der Waals surface area contributed by atoms with Gasteiger partial charge >= 0.3 is 6.09 Å². The number of aromatic hydroxyl groups is 2. The van der Waals surface area contributed by atoms with E-state index in [0.29, 0.717) is 22.4 Å². The lowest BCUT2D eigenvalue weighted by Crippen LogP contribution is -2.51. The SMILES string of the molecule is C#CN(C(=O)C(Cc1ccc(O)cc1)NC(=O)OC(C)(C)C)C(C(=O)Nc1ccc2ccccc2c1)c1ccc(O)c(C)c1. The number of amides is 3. The standard InChI is InChI=1S/C35H35N3O6/c1-6-38(33(42)29(37-34(43)44-35(3,4)5)20-23-11-16-28(39)17-12-23)31(26-14-18-30(40)22(2)19-26)32(41)36-27-15-13-24-9-7-8-10-25(24)21-27/h1,7-19,21,29,31,39-40H,20H2,2-5H3,(H,36,41)(H,37,43). The number of terminal acetylenes is 1. The van der Waals surface area contributed by atoms with Crippen LogP contribution in [0.2, 0.25) is 0 Å². The van der Waals surface area contributed by atoms with Crippen molar-refractivity contribution in [2.75, 3.05) is 5.32 Å². The summed E-state index contributed by atoms with van der Waals surface area (Å²) in [6.45, 7) is 6.74. The van der Waals surface area contributed by atoms with Gasteiger partial charge in [0.25, 0.3) is 11.8 Å². The Morgan fingerprint density at radius 3 is 2.25 bits per heavy atom. The molecule has 0 saturated carbocycles. The Hall–Kier alpha value is -5.49. The lowest BCUT2D eigenvalue weighted by molar-refractivity contribution is -0.136. The molecule has 4 N–H and O–H groups in total. The zero-order chi connectivity index (χ0) is 32.0. The van der Waals surface area contributed by atoms with Crippen LogP contribution >= 0.6 is 0 Å². The van der Waals surface area contributed by atoms with Gasteiger partial charge in [0, 0.05) is 18.2 Å². The fourth-order valence-electron chi connectivity index (χ4n) is 4.70. The number of phenolic OH excluding ortho intramolecular Hbond substituents is 2. The Kier molecular flexibility index (Phi) is 9.44. The molecule has 0 radical (unpaired) electrons. The van der Waals surface area contributed by atoms with Crippen molar-refractivity contribution >= 4 is 34.4 Å². The molecule has 0 aliphatic heterocycles. The first-order chi connectivity index (χ1) is 20.8. The number of rotatable bonds is 8. The van der Waals surface area contributed by atoms with E-state index in [1.807, 2.05) is 36.4 Å². The number of benzene rings is 4. The van der Waals surface area contributed by atoms with Gasteiger partial charge in [-0.15, -0.1) is 0 Å². The third kappa shape index (κ3) is 7.86. The molecule has 0 spiro atoms. The number of ether oxygens (including phenoxy) is 1. The lowest BCUT2D eigenvalue weighted by Gasteiger charge is -2.30. The number of nitrogens with zero attached hydrogens (tertiary/aromatic N) is 1. The Morgan fingerprint density at radius 1 is 0.932 bits per heavy atom. The van der Waals surface area contributed by atoms with Crippen LogP contribution in [0.1, 0.15) is 43.5 Å². The van der Waals surface area contributed by atoms with Gasteiger partial charge in [0.15, 0.2) is 0 Å². The second-order valence-corrected chi connectivity index (χ2v) is 11.4. The summed E-state index contributed by atoms with van der Waals surface area (Å²) in [4.78, 5) is 41.9. The third-order valence-electron chi connectivity index (χ3n) is 6.80. The summed E-state index contributed by atoms with van der Waals surface area (Å²) < 4.78 is 5.40. The van der Waals surface area contributed by atoms with Gasteiger partial charge in [-0.1, -0.05) is 55.0 Å². The van der Waals surface area contributed by atoms with E-state index in [4.69, 9.17) is 11.2 Å². The number of carbonyl (C=O) groups is 3. The molecule has 0 bridgehead atoms. The van der Waals surface area contributed by atoms with Gasteiger partial charge in [-0.05, 0) is 91.6 Å². The fraction of sp³-hybridized carbons (Fsp3) is 0.229. The van der Waals surface area contributed by atoms with Crippen molar-refractivity contribution in [3.63, 3.8) is 0 Å². The van der Waals surface area contributed by atoms with Gasteiger partial charge in [-0.2, -0.15) is 0 Å². The molecular weight excluding hydrogens is 558 g/mol. The van der Waals surface area contributed by atoms with E-state index in [2.05, 4.69) is 16.7 Å². The molecule has 9 nitrogen and oxygen atoms in total. The van der Waals surface area contributed by atoms with Crippen molar-refractivity contribution in [1.82, 2.24) is 10.2 Å². The number of aryl methyl sites for hydroxylation is 1. The molecular formula is C35H35N3O6. The Labute approximate surface area is 256 Å². The molecule has 0 heterocycles. The molecule has 0 fully saturated rings. The van der Waals surface area contributed by atoms with Gasteiger partial charge in [0.2, 0.25) is 0 Å². The fourth-order valence-corrected chi connectivity index (χ4v) is 4.70. The number of fused-ring (bicyclic) bond motifs is 1. The Bertz CT molecular complexity index is 1720. The molecule has 226 valence electrons. The van der Waals surface area contributed by atoms with Crippen LogP contribution in [0.15, 0.2) is 84.9 Å². The van der Waals surface area contributed by atoms with Gasteiger partial charge in [-0.25, -0.2) is 4.79 Å². The van der Waals surface area contributed by atoms with E-state index in [9.17, 15) is 24.6 Å². The summed E-state index contributed by atoms with van der Waals surface area (Å²) in [5.41, 5.74) is 1.10. The van der Waals surface area contributed by atoms with Crippen LogP contribution in [0.3, 0.4) is 0 Å². The zero-order valence-electron chi connectivity index (χ0n) is 25.0. The molecule has 0 saturated heterocycles. The van der Waals surface area contributed by atoms with Crippen LogP contribution in [0.25, 0.3) is 10.8 Å². The average molecular weight is 594 g/mol. The highest BCUT2D eigenvalue weighted by molar-refractivity contribution is 6.01. The highest BCUT2D eigenvalue weighted by atomic mass is 16.6. The highest BCUT2D eigenvalue weighted by Gasteiger charge is 2.36. The molecule has 4 rings (SSSR count). The maximum atomic E-state index is 14.2. The van der Waals surface area contributed by atoms with Crippen LogP contribution in [-0.4, -0.2) is 44.7 Å². The minimum absolute atomic E-state index is 0.00977. The van der Waals surface area contributed by atoms with Crippen molar-refractivity contribution in [2.24, 2.45) is 0 Å². The first-order valence-corrected chi connectivity index (χ1v) is 14.0. The Morgan fingerprint density at radius 2 is 1.61 bits per heavy atom. The molecule has 2 atom stereocenters. The normalized spacial score (nSPS) is 12.4. The number of anilines is 1. The molecule has 0 aromatic heterocycles. The van der Waals surface area contributed by atoms with Crippen molar-refractivity contribution < 1.29 is 29.3 Å². The lowest BCUT2D eigenvalue weighted by atomic mass is 9.99. The minimum Gasteiger partial charge on any atom is -0.508 e. The first-order valence-electron chi connectivity index (χ1n) is 14.0. The predicted octanol–water partition coefficient (Wildman–Crippen LogP) is 5.79. The molecule has 3 amide bonds. The van der Waals surface area contributed by atoms with E-state index in [0.717, 1.165) is 15.7 Å². The van der Waals surface area contributed by atoms with Crippen molar-refractivity contribution in [3.05, 3.63) is 102 Å². The number of hydrogen-bond donors (Lipinski definition) is 4. The zero-order valence-corrected chi connectivity index (χ0v) is 25.0. The van der Waals surface area contributed by atoms with E-state index in [1.165, 1.54) is 24.3 Å². The summed E-state index contributed by atoms with van der Waals surface area (Å²) >= 11 is 0. The van der Waals surface area contributed by atoms with Crippen molar-refractivity contribution in [2.45, 2.75) is 51.8 Å². The molecule has 44 heavy (non-hydrogen) atoms. The van der Waals surface area contributed by atoms with E-state index in [1.54, 1.807) is 52.0 Å². The summed E-state index contributed by atoms with van der Waals surface area (Å²) in [6.07, 6.45) is 5.06. The number of nitrogens with one attached hydrogen (secondary N) is 2. The summed E-state index contributed by atoms with van der Waals surface area (Å²) in [5, 5.41) is 27.3. The molecule has 2 unspecified atom stereocenters. The quantitative estimate of drug-likeness (QED) is 0.151.